The molecule has 0 fully saturated rings. The van der Waals surface area contributed by atoms with E-state index in [0.29, 0.717) is 12.1 Å². The first-order chi connectivity index (χ1) is 9.19. The maximum Gasteiger partial charge on any atom is 0.126 e. The molecule has 0 bridgehead atoms. The Kier molecular flexibility index (Phi) is 4.60. The van der Waals surface area contributed by atoms with Gasteiger partial charge in [0, 0.05) is 25.2 Å². The molecule has 0 saturated heterocycles. The van der Waals surface area contributed by atoms with Gasteiger partial charge in [-0.25, -0.2) is 8.78 Å². The second kappa shape index (κ2) is 6.41. The highest BCUT2D eigenvalue weighted by Gasteiger charge is 2.11. The Labute approximate surface area is 111 Å². The zero-order valence-electron chi connectivity index (χ0n) is 10.4. The fraction of sp³-hybridized carbons (Fsp3) is 0.200. The van der Waals surface area contributed by atoms with E-state index < -0.39 is 11.6 Å². The molecule has 0 saturated carbocycles. The number of hydrogen-bond acceptors (Lipinski definition) is 2. The molecule has 0 amide bonds. The van der Waals surface area contributed by atoms with E-state index in [4.69, 9.17) is 5.73 Å². The first-order valence-electron chi connectivity index (χ1n) is 6.12. The Balaban J connectivity index is 2.07. The molecule has 19 heavy (non-hydrogen) atoms. The van der Waals surface area contributed by atoms with E-state index in [9.17, 15) is 8.78 Å². The van der Waals surface area contributed by atoms with Crippen molar-refractivity contribution in [3.8, 4) is 0 Å². The third-order valence-corrected chi connectivity index (χ3v) is 2.92. The number of hydrogen-bond donors (Lipinski definition) is 2. The molecule has 0 aliphatic heterocycles. The predicted octanol–water partition coefficient (Wildman–Crippen LogP) is 2.75. The molecule has 0 spiro atoms. The van der Waals surface area contributed by atoms with Gasteiger partial charge in [-0.05, 0) is 23.3 Å². The zero-order chi connectivity index (χ0) is 13.7. The quantitative estimate of drug-likeness (QED) is 0.869. The van der Waals surface area contributed by atoms with Crippen LogP contribution in [0.5, 0.6) is 0 Å². The summed E-state index contributed by atoms with van der Waals surface area (Å²) in [6.07, 6.45) is 0. The Morgan fingerprint density at radius 3 is 2.21 bits per heavy atom. The van der Waals surface area contributed by atoms with E-state index in [1.807, 2.05) is 30.3 Å². The van der Waals surface area contributed by atoms with E-state index in [-0.39, 0.29) is 12.6 Å². The highest BCUT2D eigenvalue weighted by Crippen LogP contribution is 2.16. The summed E-state index contributed by atoms with van der Waals surface area (Å²) in [5, 5.41) is 3.20. The lowest BCUT2D eigenvalue weighted by atomic mass is 10.1. The standard InChI is InChI=1S/C15H16F2N2/c16-13-6-12(7-14(17)8-13)15(9-18)19-10-11-4-2-1-3-5-11/h1-8,15,19H,9-10,18H2. The van der Waals surface area contributed by atoms with Crippen LogP contribution in [0.3, 0.4) is 0 Å². The molecule has 0 radical (unpaired) electrons. The Morgan fingerprint density at radius 2 is 1.63 bits per heavy atom. The molecule has 2 rings (SSSR count). The summed E-state index contributed by atoms with van der Waals surface area (Å²) < 4.78 is 26.4. The third kappa shape index (κ3) is 3.84. The molecule has 0 aromatic heterocycles. The molecule has 100 valence electrons. The summed E-state index contributed by atoms with van der Waals surface area (Å²) in [5.41, 5.74) is 7.28. The maximum absolute atomic E-state index is 13.2. The molecule has 1 unspecified atom stereocenters. The minimum Gasteiger partial charge on any atom is -0.329 e. The number of nitrogens with two attached hydrogens (primary N) is 1. The Morgan fingerprint density at radius 1 is 1.00 bits per heavy atom. The van der Waals surface area contributed by atoms with Crippen molar-refractivity contribution in [1.82, 2.24) is 5.32 Å². The van der Waals surface area contributed by atoms with Crippen LogP contribution in [0.4, 0.5) is 8.78 Å². The van der Waals surface area contributed by atoms with Crippen molar-refractivity contribution in [2.45, 2.75) is 12.6 Å². The fourth-order valence-electron chi connectivity index (χ4n) is 1.95. The summed E-state index contributed by atoms with van der Waals surface area (Å²) >= 11 is 0. The number of nitrogens with one attached hydrogen (secondary N) is 1. The summed E-state index contributed by atoms with van der Waals surface area (Å²) in [6, 6.07) is 13.0. The van der Waals surface area contributed by atoms with Crippen LogP contribution in [0.15, 0.2) is 48.5 Å². The second-order valence-corrected chi connectivity index (χ2v) is 4.36. The van der Waals surface area contributed by atoms with Crippen LogP contribution in [0.25, 0.3) is 0 Å². The van der Waals surface area contributed by atoms with Crippen LogP contribution in [0.1, 0.15) is 17.2 Å². The third-order valence-electron chi connectivity index (χ3n) is 2.92. The second-order valence-electron chi connectivity index (χ2n) is 4.36. The maximum atomic E-state index is 13.2. The van der Waals surface area contributed by atoms with Gasteiger partial charge in [0.25, 0.3) is 0 Å². The summed E-state index contributed by atoms with van der Waals surface area (Å²) in [7, 11) is 0. The molecule has 2 aromatic rings. The molecule has 4 heteroatoms. The molecule has 2 aromatic carbocycles. The largest absolute Gasteiger partial charge is 0.329 e. The minimum atomic E-state index is -0.588. The van der Waals surface area contributed by atoms with Crippen LogP contribution in [-0.4, -0.2) is 6.54 Å². The summed E-state index contributed by atoms with van der Waals surface area (Å²) in [4.78, 5) is 0. The van der Waals surface area contributed by atoms with Crippen molar-refractivity contribution in [2.24, 2.45) is 5.73 Å². The fourth-order valence-corrected chi connectivity index (χ4v) is 1.95. The SMILES string of the molecule is NCC(NCc1ccccc1)c1cc(F)cc(F)c1. The molecule has 3 N–H and O–H groups in total. The number of halogens is 2. The Bertz CT molecular complexity index is 509. The number of rotatable bonds is 5. The Hall–Kier alpha value is -1.78. The van der Waals surface area contributed by atoms with Gasteiger partial charge in [-0.2, -0.15) is 0 Å². The van der Waals surface area contributed by atoms with Gasteiger partial charge in [0.05, 0.1) is 0 Å². The van der Waals surface area contributed by atoms with Gasteiger partial charge in [-0.1, -0.05) is 30.3 Å². The van der Waals surface area contributed by atoms with Crippen molar-refractivity contribution in [3.05, 3.63) is 71.3 Å². The van der Waals surface area contributed by atoms with Gasteiger partial charge in [-0.3, -0.25) is 0 Å². The molecule has 2 nitrogen and oxygen atoms in total. The van der Waals surface area contributed by atoms with E-state index in [1.54, 1.807) is 0 Å². The van der Waals surface area contributed by atoms with E-state index in [0.717, 1.165) is 11.6 Å². The smallest absolute Gasteiger partial charge is 0.126 e. The minimum absolute atomic E-state index is 0.273. The highest BCUT2D eigenvalue weighted by molar-refractivity contribution is 5.22. The van der Waals surface area contributed by atoms with Crippen LogP contribution in [0, 0.1) is 11.6 Å². The van der Waals surface area contributed by atoms with Gasteiger partial charge >= 0.3 is 0 Å². The lowest BCUT2D eigenvalue weighted by Crippen LogP contribution is -2.28. The van der Waals surface area contributed by atoms with Crippen molar-refractivity contribution < 1.29 is 8.78 Å². The predicted molar refractivity (Wildman–Crippen MR) is 71.4 cm³/mol. The van der Waals surface area contributed by atoms with Gasteiger partial charge in [0.15, 0.2) is 0 Å². The van der Waals surface area contributed by atoms with Crippen LogP contribution in [-0.2, 0) is 6.54 Å². The molecule has 1 atom stereocenters. The van der Waals surface area contributed by atoms with Crippen LogP contribution >= 0.6 is 0 Å². The average Bonchev–Trinajstić information content (AvgIpc) is 2.39. The molecule has 0 aliphatic carbocycles. The topological polar surface area (TPSA) is 38.0 Å². The van der Waals surface area contributed by atoms with Gasteiger partial charge in [-0.15, -0.1) is 0 Å². The van der Waals surface area contributed by atoms with Gasteiger partial charge < -0.3 is 11.1 Å². The van der Waals surface area contributed by atoms with E-state index >= 15 is 0 Å². The van der Waals surface area contributed by atoms with Gasteiger partial charge in [0.1, 0.15) is 11.6 Å². The lowest BCUT2D eigenvalue weighted by Gasteiger charge is -2.17. The average molecular weight is 262 g/mol. The normalized spacial score (nSPS) is 12.4. The molecule has 0 heterocycles. The van der Waals surface area contributed by atoms with Crippen molar-refractivity contribution in [3.63, 3.8) is 0 Å². The van der Waals surface area contributed by atoms with E-state index in [1.165, 1.54) is 12.1 Å². The zero-order valence-corrected chi connectivity index (χ0v) is 10.4. The monoisotopic (exact) mass is 262 g/mol. The first kappa shape index (κ1) is 13.6. The molecule has 0 aliphatic rings. The van der Waals surface area contributed by atoms with Crippen LogP contribution in [0.2, 0.25) is 0 Å². The van der Waals surface area contributed by atoms with E-state index in [2.05, 4.69) is 5.32 Å². The number of benzene rings is 2. The lowest BCUT2D eigenvalue weighted by molar-refractivity contribution is 0.524. The van der Waals surface area contributed by atoms with Gasteiger partial charge in [0.2, 0.25) is 0 Å². The van der Waals surface area contributed by atoms with Crippen LogP contribution < -0.4 is 11.1 Å². The highest BCUT2D eigenvalue weighted by atomic mass is 19.1. The molecular weight excluding hydrogens is 246 g/mol. The summed E-state index contributed by atoms with van der Waals surface area (Å²) in [6.45, 7) is 0.872. The summed E-state index contributed by atoms with van der Waals surface area (Å²) in [5.74, 6) is -1.18. The van der Waals surface area contributed by atoms with Crippen molar-refractivity contribution >= 4 is 0 Å². The van der Waals surface area contributed by atoms with Crippen molar-refractivity contribution in [1.29, 1.82) is 0 Å². The molecular formula is C15H16F2N2. The van der Waals surface area contributed by atoms with Crippen molar-refractivity contribution in [2.75, 3.05) is 6.54 Å². The first-order valence-corrected chi connectivity index (χ1v) is 6.12.